The van der Waals surface area contributed by atoms with Crippen molar-refractivity contribution < 1.29 is 9.31 Å². The summed E-state index contributed by atoms with van der Waals surface area (Å²) >= 11 is 0. The molecule has 5 nitrogen and oxygen atoms in total. The van der Waals surface area contributed by atoms with Crippen molar-refractivity contribution in [1.82, 2.24) is 4.98 Å². The Kier molecular flexibility index (Phi) is 1.67. The quantitative estimate of drug-likeness (QED) is 0.369. The molecule has 0 unspecified atom stereocenters. The predicted octanol–water partition coefficient (Wildman–Crippen LogP) is 0.711. The first-order chi connectivity index (χ1) is 5.11. The second-order valence-corrected chi connectivity index (χ2v) is 1.83. The number of hydrogen-bond acceptors (Lipinski definition) is 4. The van der Waals surface area contributed by atoms with E-state index in [1.165, 1.54) is 0 Å². The van der Waals surface area contributed by atoms with Crippen LogP contribution in [0, 0.1) is 16.1 Å². The van der Waals surface area contributed by atoms with Crippen LogP contribution in [0.15, 0.2) is 12.3 Å². The maximum Gasteiger partial charge on any atom is 0.289 e. The van der Waals surface area contributed by atoms with E-state index in [1.54, 1.807) is 0 Å². The molecular formula is C5H4FN3O2. The molecule has 1 heterocycles. The molecule has 0 bridgehead atoms. The minimum Gasteiger partial charge on any atom is -0.395 e. The van der Waals surface area contributed by atoms with Crippen molar-refractivity contribution >= 4 is 11.4 Å². The normalized spacial score (nSPS) is 9.55. The van der Waals surface area contributed by atoms with E-state index >= 15 is 0 Å². The van der Waals surface area contributed by atoms with Crippen LogP contribution in [0.2, 0.25) is 0 Å². The molecule has 0 aliphatic rings. The van der Waals surface area contributed by atoms with Gasteiger partial charge in [-0.3, -0.25) is 10.1 Å². The lowest BCUT2D eigenvalue weighted by molar-refractivity contribution is -0.385. The van der Waals surface area contributed by atoms with E-state index in [1.807, 2.05) is 0 Å². The topological polar surface area (TPSA) is 82.0 Å². The number of nitro groups is 1. The molecule has 0 radical (unpaired) electrons. The van der Waals surface area contributed by atoms with Crippen molar-refractivity contribution in [2.45, 2.75) is 0 Å². The van der Waals surface area contributed by atoms with Crippen LogP contribution in [-0.4, -0.2) is 9.91 Å². The number of anilines is 1. The molecule has 6 heteroatoms. The van der Waals surface area contributed by atoms with E-state index < -0.39 is 10.9 Å². The Morgan fingerprint density at radius 1 is 1.73 bits per heavy atom. The van der Waals surface area contributed by atoms with Gasteiger partial charge in [-0.15, -0.1) is 0 Å². The molecule has 58 valence electrons. The first-order valence-corrected chi connectivity index (χ1v) is 2.66. The van der Waals surface area contributed by atoms with Crippen LogP contribution in [0.3, 0.4) is 0 Å². The van der Waals surface area contributed by atoms with Crippen LogP contribution in [0.1, 0.15) is 0 Å². The molecule has 0 aliphatic carbocycles. The maximum atomic E-state index is 12.3. The molecule has 11 heavy (non-hydrogen) atoms. The van der Waals surface area contributed by atoms with Crippen molar-refractivity contribution in [2.24, 2.45) is 0 Å². The number of nitrogen functional groups attached to an aromatic ring is 1. The van der Waals surface area contributed by atoms with E-state index in [2.05, 4.69) is 4.98 Å². The number of pyridine rings is 1. The molecule has 2 N–H and O–H groups in total. The van der Waals surface area contributed by atoms with Gasteiger partial charge in [0, 0.05) is 6.07 Å². The monoisotopic (exact) mass is 157 g/mol. The van der Waals surface area contributed by atoms with E-state index in [0.717, 1.165) is 12.3 Å². The number of rotatable bonds is 1. The molecule has 1 rings (SSSR count). The Labute approximate surface area is 60.8 Å². The van der Waals surface area contributed by atoms with Gasteiger partial charge in [-0.05, 0) is 0 Å². The fourth-order valence-corrected chi connectivity index (χ4v) is 0.553. The number of nitrogens with two attached hydrogens (primary N) is 1. The summed E-state index contributed by atoms with van der Waals surface area (Å²) < 4.78 is 12.3. The molecule has 0 saturated heterocycles. The second kappa shape index (κ2) is 2.49. The van der Waals surface area contributed by atoms with Crippen LogP contribution < -0.4 is 5.73 Å². The van der Waals surface area contributed by atoms with Gasteiger partial charge in [0.05, 0.1) is 10.6 Å². The highest BCUT2D eigenvalue weighted by atomic mass is 19.1. The third kappa shape index (κ3) is 1.40. The first-order valence-electron chi connectivity index (χ1n) is 2.66. The number of aromatic nitrogens is 1. The lowest BCUT2D eigenvalue weighted by Crippen LogP contribution is -1.96. The van der Waals surface area contributed by atoms with Crippen LogP contribution in [0.5, 0.6) is 0 Å². The lowest BCUT2D eigenvalue weighted by atomic mass is 10.4. The summed E-state index contributed by atoms with van der Waals surface area (Å²) in [7, 11) is 0. The zero-order valence-corrected chi connectivity index (χ0v) is 5.32. The zero-order chi connectivity index (χ0) is 8.43. The summed E-state index contributed by atoms with van der Waals surface area (Å²) in [6, 6.07) is 0.919. The molecule has 0 fully saturated rings. The predicted molar refractivity (Wildman–Crippen MR) is 35.3 cm³/mol. The van der Waals surface area contributed by atoms with Crippen LogP contribution in [0.25, 0.3) is 0 Å². The van der Waals surface area contributed by atoms with Gasteiger partial charge in [-0.25, -0.2) is 4.98 Å². The van der Waals surface area contributed by atoms with E-state index in [-0.39, 0.29) is 11.4 Å². The molecule has 1 aromatic heterocycles. The molecule has 0 aromatic carbocycles. The van der Waals surface area contributed by atoms with Crippen molar-refractivity contribution in [2.75, 3.05) is 5.73 Å². The third-order valence-electron chi connectivity index (χ3n) is 1.06. The van der Waals surface area contributed by atoms with Crippen LogP contribution >= 0.6 is 0 Å². The highest BCUT2D eigenvalue weighted by molar-refractivity contribution is 5.44. The van der Waals surface area contributed by atoms with Gasteiger partial charge in [0.2, 0.25) is 5.95 Å². The third-order valence-corrected chi connectivity index (χ3v) is 1.06. The van der Waals surface area contributed by atoms with Gasteiger partial charge >= 0.3 is 0 Å². The molecule has 0 aliphatic heterocycles. The smallest absolute Gasteiger partial charge is 0.289 e. The van der Waals surface area contributed by atoms with Gasteiger partial charge < -0.3 is 5.73 Å². The van der Waals surface area contributed by atoms with Crippen molar-refractivity contribution in [3.05, 3.63) is 28.3 Å². The molecule has 0 amide bonds. The van der Waals surface area contributed by atoms with E-state index in [9.17, 15) is 14.5 Å². The maximum absolute atomic E-state index is 12.3. The minimum atomic E-state index is -0.893. The summed E-state index contributed by atoms with van der Waals surface area (Å²) in [6.45, 7) is 0. The highest BCUT2D eigenvalue weighted by Crippen LogP contribution is 2.14. The number of nitrogens with zero attached hydrogens (tertiary/aromatic N) is 2. The van der Waals surface area contributed by atoms with Crippen molar-refractivity contribution in [3.8, 4) is 0 Å². The highest BCUT2D eigenvalue weighted by Gasteiger charge is 2.08. The molecular weight excluding hydrogens is 153 g/mol. The molecule has 0 saturated carbocycles. The molecule has 0 spiro atoms. The summed E-state index contributed by atoms with van der Waals surface area (Å²) in [5.74, 6) is -0.893. The fraction of sp³-hybridized carbons (Fsp3) is 0. The van der Waals surface area contributed by atoms with Crippen molar-refractivity contribution in [3.63, 3.8) is 0 Å². The fourth-order valence-electron chi connectivity index (χ4n) is 0.553. The molecule has 0 atom stereocenters. The standard InChI is InChI=1S/C5H4FN3O2/c6-5-4(7)1-3(2-8-5)9(10)11/h1-2H,7H2. The Morgan fingerprint density at radius 2 is 2.36 bits per heavy atom. The minimum absolute atomic E-state index is 0.316. The Morgan fingerprint density at radius 3 is 2.82 bits per heavy atom. The van der Waals surface area contributed by atoms with Gasteiger partial charge in [0.15, 0.2) is 0 Å². The number of hydrogen-bond donors (Lipinski definition) is 1. The Balaban J connectivity index is 3.15. The SMILES string of the molecule is Nc1cc([N+](=O)[O-])cnc1F. The van der Waals surface area contributed by atoms with Crippen molar-refractivity contribution in [1.29, 1.82) is 0 Å². The largest absolute Gasteiger partial charge is 0.395 e. The lowest BCUT2D eigenvalue weighted by Gasteiger charge is -1.93. The van der Waals surface area contributed by atoms with Gasteiger partial charge in [0.25, 0.3) is 5.69 Å². The number of halogens is 1. The second-order valence-electron chi connectivity index (χ2n) is 1.83. The van der Waals surface area contributed by atoms with Gasteiger partial charge in [0.1, 0.15) is 6.20 Å². The summed E-state index contributed by atoms with van der Waals surface area (Å²) in [5.41, 5.74) is 4.38. The summed E-state index contributed by atoms with van der Waals surface area (Å²) in [5, 5.41) is 10.1. The average molecular weight is 157 g/mol. The Bertz CT molecular complexity index is 302. The first kappa shape index (κ1) is 7.39. The van der Waals surface area contributed by atoms with E-state index in [4.69, 9.17) is 5.73 Å². The average Bonchev–Trinajstić information content (AvgIpc) is 1.94. The van der Waals surface area contributed by atoms with Gasteiger partial charge in [-0.2, -0.15) is 4.39 Å². The Hall–Kier alpha value is -1.72. The zero-order valence-electron chi connectivity index (χ0n) is 5.32. The van der Waals surface area contributed by atoms with E-state index in [0.29, 0.717) is 0 Å². The molecule has 1 aromatic rings. The van der Waals surface area contributed by atoms with Gasteiger partial charge in [-0.1, -0.05) is 0 Å². The van der Waals surface area contributed by atoms with Crippen LogP contribution in [-0.2, 0) is 0 Å². The summed E-state index contributed by atoms with van der Waals surface area (Å²) in [6.07, 6.45) is 0.811. The summed E-state index contributed by atoms with van der Waals surface area (Å²) in [4.78, 5) is 12.4. The van der Waals surface area contributed by atoms with Crippen LogP contribution in [0.4, 0.5) is 15.8 Å².